The van der Waals surface area contributed by atoms with E-state index in [1.807, 2.05) is 20.8 Å². The molecule has 0 aliphatic rings. The molecule has 0 radical (unpaired) electrons. The Morgan fingerprint density at radius 3 is 2.38 bits per heavy atom. The maximum Gasteiger partial charge on any atom is 0.227 e. The molecule has 1 amide bonds. The summed E-state index contributed by atoms with van der Waals surface area (Å²) in [5, 5.41) is 2.66. The van der Waals surface area contributed by atoms with Crippen molar-refractivity contribution in [2.45, 2.75) is 20.8 Å². The maximum absolute atomic E-state index is 11.3. The fourth-order valence-corrected chi connectivity index (χ4v) is 0.596. The van der Waals surface area contributed by atoms with Crippen LogP contribution in [-0.4, -0.2) is 33.0 Å². The predicted molar refractivity (Wildman–Crippen MR) is 50.3 cm³/mol. The third kappa shape index (κ3) is 6.54. The Morgan fingerprint density at radius 2 is 1.92 bits per heavy atom. The van der Waals surface area contributed by atoms with Crippen LogP contribution < -0.4 is 5.32 Å². The van der Waals surface area contributed by atoms with Crippen molar-refractivity contribution < 1.29 is 14.3 Å². The average molecular weight is 189 g/mol. The Balaban J connectivity index is 3.38. The van der Waals surface area contributed by atoms with Crippen LogP contribution >= 0.6 is 0 Å². The first kappa shape index (κ1) is 12.4. The number of methoxy groups -OCH3 is 1. The molecule has 0 rings (SSSR count). The largest absolute Gasteiger partial charge is 0.382 e. The van der Waals surface area contributed by atoms with Crippen LogP contribution in [0.2, 0.25) is 0 Å². The van der Waals surface area contributed by atoms with Gasteiger partial charge >= 0.3 is 0 Å². The SMILES string of the molecule is COCCOCNC(=O)C(C)(C)C. The van der Waals surface area contributed by atoms with Crippen molar-refractivity contribution >= 4 is 5.91 Å². The van der Waals surface area contributed by atoms with Crippen molar-refractivity contribution in [3.63, 3.8) is 0 Å². The van der Waals surface area contributed by atoms with Gasteiger partial charge in [0.2, 0.25) is 5.91 Å². The molecule has 0 atom stereocenters. The van der Waals surface area contributed by atoms with Gasteiger partial charge in [0.05, 0.1) is 13.2 Å². The van der Waals surface area contributed by atoms with Crippen LogP contribution in [0.15, 0.2) is 0 Å². The number of ether oxygens (including phenoxy) is 2. The Hall–Kier alpha value is -0.610. The lowest BCUT2D eigenvalue weighted by molar-refractivity contribution is -0.130. The summed E-state index contributed by atoms with van der Waals surface area (Å²) in [6.07, 6.45) is 0. The standard InChI is InChI=1S/C9H19NO3/c1-9(2,3)8(11)10-7-13-6-5-12-4/h5-7H2,1-4H3,(H,10,11). The zero-order valence-corrected chi connectivity index (χ0v) is 8.85. The first-order chi connectivity index (χ1) is 5.98. The van der Waals surface area contributed by atoms with Gasteiger partial charge in [-0.05, 0) is 0 Å². The molecule has 0 aromatic carbocycles. The molecule has 0 aromatic heterocycles. The highest BCUT2D eigenvalue weighted by atomic mass is 16.5. The molecule has 0 aromatic rings. The van der Waals surface area contributed by atoms with Crippen molar-refractivity contribution in [2.75, 3.05) is 27.1 Å². The molecule has 4 nitrogen and oxygen atoms in total. The highest BCUT2D eigenvalue weighted by Gasteiger charge is 2.20. The van der Waals surface area contributed by atoms with Gasteiger partial charge in [-0.2, -0.15) is 0 Å². The van der Waals surface area contributed by atoms with Gasteiger partial charge in [-0.15, -0.1) is 0 Å². The van der Waals surface area contributed by atoms with Gasteiger partial charge in [-0.3, -0.25) is 4.79 Å². The lowest BCUT2D eigenvalue weighted by atomic mass is 9.96. The molecule has 0 fully saturated rings. The summed E-state index contributed by atoms with van der Waals surface area (Å²) in [5.41, 5.74) is -0.357. The van der Waals surface area contributed by atoms with E-state index in [0.717, 1.165) is 0 Å². The van der Waals surface area contributed by atoms with Gasteiger partial charge in [-0.1, -0.05) is 20.8 Å². The van der Waals surface area contributed by atoms with E-state index in [0.29, 0.717) is 13.2 Å². The second-order valence-corrected chi connectivity index (χ2v) is 3.80. The minimum absolute atomic E-state index is 0.00934. The van der Waals surface area contributed by atoms with E-state index in [1.54, 1.807) is 7.11 Å². The lowest BCUT2D eigenvalue weighted by Gasteiger charge is -2.17. The second kappa shape index (κ2) is 5.94. The number of nitrogens with one attached hydrogen (secondary N) is 1. The van der Waals surface area contributed by atoms with Crippen LogP contribution in [0.3, 0.4) is 0 Å². The Labute approximate surface area is 79.6 Å². The van der Waals surface area contributed by atoms with Crippen LogP contribution in [0, 0.1) is 5.41 Å². The van der Waals surface area contributed by atoms with Gasteiger partial charge in [-0.25, -0.2) is 0 Å². The zero-order chi connectivity index (χ0) is 10.3. The fourth-order valence-electron chi connectivity index (χ4n) is 0.596. The van der Waals surface area contributed by atoms with Crippen LogP contribution in [0.4, 0.5) is 0 Å². The summed E-state index contributed by atoms with van der Waals surface area (Å²) in [6.45, 7) is 6.87. The quantitative estimate of drug-likeness (QED) is 0.513. The molecule has 0 aliphatic carbocycles. The number of hydrogen-bond donors (Lipinski definition) is 1. The third-order valence-corrected chi connectivity index (χ3v) is 1.45. The number of carbonyl (C=O) groups is 1. The van der Waals surface area contributed by atoms with Crippen molar-refractivity contribution in [1.82, 2.24) is 5.32 Å². The zero-order valence-electron chi connectivity index (χ0n) is 8.85. The lowest BCUT2D eigenvalue weighted by Crippen LogP contribution is -2.36. The molecule has 0 saturated carbocycles. The third-order valence-electron chi connectivity index (χ3n) is 1.45. The maximum atomic E-state index is 11.3. The fraction of sp³-hybridized carbons (Fsp3) is 0.889. The summed E-state index contributed by atoms with van der Waals surface area (Å²) in [5.74, 6) is -0.00934. The molecule has 0 aliphatic heterocycles. The van der Waals surface area contributed by atoms with Crippen molar-refractivity contribution in [1.29, 1.82) is 0 Å². The van der Waals surface area contributed by atoms with E-state index < -0.39 is 0 Å². The summed E-state index contributed by atoms with van der Waals surface area (Å²) in [4.78, 5) is 11.3. The van der Waals surface area contributed by atoms with E-state index in [9.17, 15) is 4.79 Å². The summed E-state index contributed by atoms with van der Waals surface area (Å²) in [7, 11) is 1.61. The Kier molecular flexibility index (Phi) is 5.66. The summed E-state index contributed by atoms with van der Waals surface area (Å²) < 4.78 is 9.86. The molecule has 13 heavy (non-hydrogen) atoms. The molecule has 1 N–H and O–H groups in total. The molecule has 0 unspecified atom stereocenters. The van der Waals surface area contributed by atoms with E-state index in [4.69, 9.17) is 9.47 Å². The number of rotatable bonds is 5. The van der Waals surface area contributed by atoms with Crippen LogP contribution in [-0.2, 0) is 14.3 Å². The van der Waals surface area contributed by atoms with E-state index >= 15 is 0 Å². The molecule has 4 heteroatoms. The predicted octanol–water partition coefficient (Wildman–Crippen LogP) is 0.769. The Bertz CT molecular complexity index is 151. The summed E-state index contributed by atoms with van der Waals surface area (Å²) in [6, 6.07) is 0. The normalized spacial score (nSPS) is 11.4. The van der Waals surface area contributed by atoms with Crippen molar-refractivity contribution in [3.8, 4) is 0 Å². The first-order valence-corrected chi connectivity index (χ1v) is 4.33. The van der Waals surface area contributed by atoms with Crippen molar-refractivity contribution in [2.24, 2.45) is 5.41 Å². The molecule has 78 valence electrons. The molecule has 0 heterocycles. The van der Waals surface area contributed by atoms with E-state index in [2.05, 4.69) is 5.32 Å². The molecule has 0 spiro atoms. The van der Waals surface area contributed by atoms with E-state index in [-0.39, 0.29) is 18.1 Å². The van der Waals surface area contributed by atoms with Gasteiger partial charge in [0.25, 0.3) is 0 Å². The van der Waals surface area contributed by atoms with Gasteiger partial charge in [0, 0.05) is 12.5 Å². The van der Waals surface area contributed by atoms with Crippen LogP contribution in [0.25, 0.3) is 0 Å². The summed E-state index contributed by atoms with van der Waals surface area (Å²) >= 11 is 0. The number of hydrogen-bond acceptors (Lipinski definition) is 3. The van der Waals surface area contributed by atoms with Crippen molar-refractivity contribution in [3.05, 3.63) is 0 Å². The smallest absolute Gasteiger partial charge is 0.227 e. The second-order valence-electron chi connectivity index (χ2n) is 3.80. The topological polar surface area (TPSA) is 47.6 Å². The van der Waals surface area contributed by atoms with Gasteiger partial charge < -0.3 is 14.8 Å². The average Bonchev–Trinajstić information content (AvgIpc) is 2.02. The first-order valence-electron chi connectivity index (χ1n) is 4.33. The Morgan fingerprint density at radius 1 is 1.31 bits per heavy atom. The molecular weight excluding hydrogens is 170 g/mol. The number of carbonyl (C=O) groups excluding carboxylic acids is 1. The van der Waals surface area contributed by atoms with Gasteiger partial charge in [0.15, 0.2) is 0 Å². The van der Waals surface area contributed by atoms with Crippen LogP contribution in [0.1, 0.15) is 20.8 Å². The highest BCUT2D eigenvalue weighted by molar-refractivity contribution is 5.81. The monoisotopic (exact) mass is 189 g/mol. The van der Waals surface area contributed by atoms with Crippen LogP contribution in [0.5, 0.6) is 0 Å². The molecule has 0 saturated heterocycles. The molecular formula is C9H19NO3. The van der Waals surface area contributed by atoms with E-state index in [1.165, 1.54) is 0 Å². The highest BCUT2D eigenvalue weighted by Crippen LogP contribution is 2.11. The number of amides is 1. The minimum Gasteiger partial charge on any atom is -0.382 e. The van der Waals surface area contributed by atoms with Gasteiger partial charge in [0.1, 0.15) is 6.73 Å². The molecule has 0 bridgehead atoms. The minimum atomic E-state index is -0.357.